The molecule has 24 heavy (non-hydrogen) atoms. The van der Waals surface area contributed by atoms with Crippen molar-refractivity contribution in [1.29, 1.82) is 0 Å². The Kier molecular flexibility index (Phi) is 6.21. The SMILES string of the molecule is COC(CNS(=O)(=O)c1ccc(N2CCCCS2(=O)=O)cc1)OC. The third-order valence-electron chi connectivity index (χ3n) is 3.75. The molecule has 1 aliphatic rings. The molecule has 1 heterocycles. The van der Waals surface area contributed by atoms with Gasteiger partial charge in [-0.25, -0.2) is 21.6 Å². The van der Waals surface area contributed by atoms with Gasteiger partial charge in [0.05, 0.1) is 22.9 Å². The average molecular weight is 378 g/mol. The molecule has 1 aliphatic heterocycles. The molecule has 1 N–H and O–H groups in total. The highest BCUT2D eigenvalue weighted by Crippen LogP contribution is 2.24. The Morgan fingerprint density at radius 1 is 1.17 bits per heavy atom. The Labute approximate surface area is 142 Å². The number of benzene rings is 1. The Morgan fingerprint density at radius 3 is 2.33 bits per heavy atom. The lowest BCUT2D eigenvalue weighted by atomic mass is 10.3. The molecule has 0 amide bonds. The van der Waals surface area contributed by atoms with Crippen molar-refractivity contribution in [2.45, 2.75) is 24.0 Å². The minimum absolute atomic E-state index is 0.0302. The smallest absolute Gasteiger partial charge is 0.240 e. The second-order valence-electron chi connectivity index (χ2n) is 5.34. The van der Waals surface area contributed by atoms with Gasteiger partial charge in [0, 0.05) is 20.8 Å². The molecule has 2 rings (SSSR count). The van der Waals surface area contributed by atoms with Gasteiger partial charge >= 0.3 is 0 Å². The summed E-state index contributed by atoms with van der Waals surface area (Å²) in [6.07, 6.45) is 0.753. The largest absolute Gasteiger partial charge is 0.355 e. The lowest BCUT2D eigenvalue weighted by molar-refractivity contribution is -0.0960. The lowest BCUT2D eigenvalue weighted by Gasteiger charge is -2.28. The molecule has 1 aromatic carbocycles. The van der Waals surface area contributed by atoms with Crippen molar-refractivity contribution >= 4 is 25.7 Å². The molecule has 0 bridgehead atoms. The van der Waals surface area contributed by atoms with Crippen LogP contribution in [-0.4, -0.2) is 56.2 Å². The molecule has 136 valence electrons. The van der Waals surface area contributed by atoms with Crippen molar-refractivity contribution in [3.05, 3.63) is 24.3 Å². The predicted molar refractivity (Wildman–Crippen MR) is 89.8 cm³/mol. The molecule has 1 saturated heterocycles. The van der Waals surface area contributed by atoms with Crippen LogP contribution in [0.3, 0.4) is 0 Å². The van der Waals surface area contributed by atoms with Crippen LogP contribution in [0.25, 0.3) is 0 Å². The van der Waals surface area contributed by atoms with E-state index in [1.807, 2.05) is 0 Å². The summed E-state index contributed by atoms with van der Waals surface area (Å²) in [5, 5.41) is 0. The summed E-state index contributed by atoms with van der Waals surface area (Å²) in [7, 11) is -4.22. The number of hydrogen-bond acceptors (Lipinski definition) is 6. The number of ether oxygens (including phenoxy) is 2. The van der Waals surface area contributed by atoms with Crippen molar-refractivity contribution in [3.8, 4) is 0 Å². The van der Waals surface area contributed by atoms with Crippen molar-refractivity contribution in [2.75, 3.05) is 37.4 Å². The summed E-state index contributed by atoms with van der Waals surface area (Å²) in [5.41, 5.74) is 0.473. The van der Waals surface area contributed by atoms with Gasteiger partial charge in [-0.3, -0.25) is 4.31 Å². The van der Waals surface area contributed by atoms with Crippen molar-refractivity contribution in [3.63, 3.8) is 0 Å². The Bertz CT molecular complexity index is 742. The zero-order chi connectivity index (χ0) is 17.8. The standard InChI is InChI=1S/C14H22N2O6S2/c1-21-14(22-2)11-15-24(19,20)13-7-5-12(6-8-13)16-9-3-4-10-23(16,17)18/h5-8,14-15H,3-4,9-11H2,1-2H3. The van der Waals surface area contributed by atoms with E-state index in [2.05, 4.69) is 4.72 Å². The van der Waals surface area contributed by atoms with Crippen LogP contribution < -0.4 is 9.03 Å². The highest BCUT2D eigenvalue weighted by Gasteiger charge is 2.26. The van der Waals surface area contributed by atoms with Crippen LogP contribution >= 0.6 is 0 Å². The van der Waals surface area contributed by atoms with E-state index in [-0.39, 0.29) is 17.2 Å². The van der Waals surface area contributed by atoms with Gasteiger partial charge in [0.15, 0.2) is 6.29 Å². The summed E-state index contributed by atoms with van der Waals surface area (Å²) < 4.78 is 62.2. The van der Waals surface area contributed by atoms with Gasteiger partial charge in [0.1, 0.15) is 0 Å². The molecule has 0 saturated carbocycles. The van der Waals surface area contributed by atoms with Crippen LogP contribution in [0, 0.1) is 0 Å². The monoisotopic (exact) mass is 378 g/mol. The molecule has 8 nitrogen and oxygen atoms in total. The quantitative estimate of drug-likeness (QED) is 0.694. The molecular formula is C14H22N2O6S2. The molecule has 10 heteroatoms. The minimum Gasteiger partial charge on any atom is -0.355 e. The number of hydrogen-bond donors (Lipinski definition) is 1. The normalized spacial score (nSPS) is 18.0. The zero-order valence-electron chi connectivity index (χ0n) is 13.6. The Morgan fingerprint density at radius 2 is 1.79 bits per heavy atom. The first-order chi connectivity index (χ1) is 11.3. The second-order valence-corrected chi connectivity index (χ2v) is 9.12. The fourth-order valence-electron chi connectivity index (χ4n) is 2.39. The summed E-state index contributed by atoms with van der Waals surface area (Å²) >= 11 is 0. The van der Waals surface area contributed by atoms with E-state index < -0.39 is 26.3 Å². The number of methoxy groups -OCH3 is 2. The van der Waals surface area contributed by atoms with Crippen molar-refractivity contribution < 1.29 is 26.3 Å². The predicted octanol–water partition coefficient (Wildman–Crippen LogP) is 0.514. The lowest BCUT2D eigenvalue weighted by Crippen LogP contribution is -2.37. The zero-order valence-corrected chi connectivity index (χ0v) is 15.3. The number of nitrogens with one attached hydrogen (secondary N) is 1. The van der Waals surface area contributed by atoms with Gasteiger partial charge in [0.25, 0.3) is 0 Å². The van der Waals surface area contributed by atoms with Gasteiger partial charge in [-0.15, -0.1) is 0 Å². The number of nitrogens with zero attached hydrogens (tertiary/aromatic N) is 1. The first-order valence-corrected chi connectivity index (χ1v) is 10.5. The fourth-order valence-corrected chi connectivity index (χ4v) is 5.05. The van der Waals surface area contributed by atoms with Gasteiger partial charge in [0.2, 0.25) is 20.0 Å². The molecule has 0 aliphatic carbocycles. The minimum atomic E-state index is -3.73. The van der Waals surface area contributed by atoms with Gasteiger partial charge in [-0.05, 0) is 37.1 Å². The van der Waals surface area contributed by atoms with Crippen LogP contribution in [-0.2, 0) is 29.5 Å². The average Bonchev–Trinajstić information content (AvgIpc) is 2.55. The van der Waals surface area contributed by atoms with Gasteiger partial charge < -0.3 is 9.47 Å². The molecule has 1 aromatic rings. The maximum atomic E-state index is 12.2. The first-order valence-electron chi connectivity index (χ1n) is 7.46. The highest BCUT2D eigenvalue weighted by atomic mass is 32.2. The third kappa shape index (κ3) is 4.45. The topological polar surface area (TPSA) is 102 Å². The van der Waals surface area contributed by atoms with Gasteiger partial charge in [-0.1, -0.05) is 0 Å². The van der Waals surface area contributed by atoms with Crippen LogP contribution in [0.4, 0.5) is 5.69 Å². The van der Waals surface area contributed by atoms with Crippen molar-refractivity contribution in [1.82, 2.24) is 4.72 Å². The summed E-state index contributed by atoms with van der Waals surface area (Å²) in [6.45, 7) is 0.383. The first kappa shape index (κ1) is 19.1. The van der Waals surface area contributed by atoms with E-state index in [9.17, 15) is 16.8 Å². The van der Waals surface area contributed by atoms with Crippen LogP contribution in [0.2, 0.25) is 0 Å². The fraction of sp³-hybridized carbons (Fsp3) is 0.571. The summed E-state index contributed by atoms with van der Waals surface area (Å²) in [6, 6.07) is 5.77. The number of sulfonamides is 2. The van der Waals surface area contributed by atoms with E-state index in [0.717, 1.165) is 6.42 Å². The second kappa shape index (κ2) is 7.79. The van der Waals surface area contributed by atoms with E-state index in [4.69, 9.17) is 9.47 Å². The van der Waals surface area contributed by atoms with E-state index in [1.165, 1.54) is 42.8 Å². The van der Waals surface area contributed by atoms with Crippen LogP contribution in [0.1, 0.15) is 12.8 Å². The molecule has 0 atom stereocenters. The number of anilines is 1. The summed E-state index contributed by atoms with van der Waals surface area (Å²) in [4.78, 5) is 0.0478. The molecule has 1 fully saturated rings. The molecule has 0 aromatic heterocycles. The summed E-state index contributed by atoms with van der Waals surface area (Å²) in [5.74, 6) is 0.115. The Balaban J connectivity index is 2.13. The maximum absolute atomic E-state index is 12.2. The number of rotatable bonds is 7. The maximum Gasteiger partial charge on any atom is 0.240 e. The van der Waals surface area contributed by atoms with Crippen LogP contribution in [0.5, 0.6) is 0 Å². The van der Waals surface area contributed by atoms with Gasteiger partial charge in [-0.2, -0.15) is 0 Å². The van der Waals surface area contributed by atoms with E-state index in [1.54, 1.807) is 0 Å². The molecule has 0 radical (unpaired) electrons. The third-order valence-corrected chi connectivity index (χ3v) is 7.06. The van der Waals surface area contributed by atoms with E-state index >= 15 is 0 Å². The van der Waals surface area contributed by atoms with Crippen molar-refractivity contribution in [2.24, 2.45) is 0 Å². The molecule has 0 unspecified atom stereocenters. The molecule has 0 spiro atoms. The highest BCUT2D eigenvalue weighted by molar-refractivity contribution is 7.92. The molecular weight excluding hydrogens is 356 g/mol. The van der Waals surface area contributed by atoms with Crippen LogP contribution in [0.15, 0.2) is 29.2 Å². The van der Waals surface area contributed by atoms with E-state index in [0.29, 0.717) is 18.7 Å². The Hall–Kier alpha value is -1.20.